The second kappa shape index (κ2) is 13.6. The molecule has 1 aliphatic rings. The molecule has 232 valence electrons. The van der Waals surface area contributed by atoms with Crippen LogP contribution in [-0.2, 0) is 0 Å². The van der Waals surface area contributed by atoms with Crippen molar-refractivity contribution < 1.29 is 9.59 Å². The normalized spacial score (nSPS) is 12.4. The summed E-state index contributed by atoms with van der Waals surface area (Å²) in [6.07, 6.45) is 3.59. The van der Waals surface area contributed by atoms with Gasteiger partial charge in [0.2, 0.25) is 0 Å². The number of rotatable bonds is 6. The predicted molar refractivity (Wildman–Crippen MR) is 196 cm³/mol. The Labute approximate surface area is 289 Å². The molecule has 0 radical (unpaired) electrons. The fourth-order valence-corrected chi connectivity index (χ4v) is 6.22. The van der Waals surface area contributed by atoms with Crippen LogP contribution in [0.3, 0.4) is 0 Å². The van der Waals surface area contributed by atoms with Gasteiger partial charge in [-0.3, -0.25) is 19.4 Å². The molecule has 0 aromatic heterocycles. The Morgan fingerprint density at radius 3 is 1.00 bits per heavy atom. The van der Waals surface area contributed by atoms with E-state index in [-0.39, 0.29) is 22.9 Å². The van der Waals surface area contributed by atoms with Gasteiger partial charge in [0.05, 0.1) is 22.5 Å². The lowest BCUT2D eigenvalue weighted by Crippen LogP contribution is -2.36. The maximum absolute atomic E-state index is 14.9. The maximum Gasteiger partial charge on any atom is 0.264 e. The molecule has 0 saturated carbocycles. The molecule has 0 atom stereocenters. The third-order valence-electron chi connectivity index (χ3n) is 8.19. The Kier molecular flexibility index (Phi) is 8.76. The molecule has 0 unspecified atom stereocenters. The molecular formula is C42H28Cl2N2O2. The number of carbonyl (C=O) groups excluding carboxylic acids is 2. The lowest BCUT2D eigenvalue weighted by molar-refractivity contribution is 0.0987. The Balaban J connectivity index is 1.49. The maximum atomic E-state index is 14.9. The SMILES string of the molecule is O=C1c2cc(Cl)ccc2N(C=C(c2ccccc2)c2ccccc2)C(=O)c2cc(Cl)ccc2N1C=C(c1ccccc1)c1ccccc1. The minimum Gasteiger partial charge on any atom is -0.282 e. The molecule has 0 bridgehead atoms. The van der Waals surface area contributed by atoms with Crippen LogP contribution in [0.1, 0.15) is 43.0 Å². The van der Waals surface area contributed by atoms with Crippen molar-refractivity contribution in [3.8, 4) is 0 Å². The average Bonchev–Trinajstić information content (AvgIpc) is 3.13. The van der Waals surface area contributed by atoms with Crippen LogP contribution in [0.15, 0.2) is 170 Å². The van der Waals surface area contributed by atoms with E-state index in [9.17, 15) is 9.59 Å². The quantitative estimate of drug-likeness (QED) is 0.178. The van der Waals surface area contributed by atoms with Gasteiger partial charge in [0, 0.05) is 33.6 Å². The summed E-state index contributed by atoms with van der Waals surface area (Å²) in [6.45, 7) is 0. The third kappa shape index (κ3) is 6.19. The Bertz CT molecular complexity index is 1940. The number of hydrogen-bond acceptors (Lipinski definition) is 2. The molecule has 1 heterocycles. The molecule has 7 rings (SSSR count). The molecule has 6 aromatic rings. The average molecular weight is 664 g/mol. The van der Waals surface area contributed by atoms with Crippen molar-refractivity contribution in [3.63, 3.8) is 0 Å². The van der Waals surface area contributed by atoms with Crippen LogP contribution in [0.2, 0.25) is 10.0 Å². The van der Waals surface area contributed by atoms with Gasteiger partial charge in [0.25, 0.3) is 11.8 Å². The van der Waals surface area contributed by atoms with Gasteiger partial charge >= 0.3 is 0 Å². The molecule has 48 heavy (non-hydrogen) atoms. The van der Waals surface area contributed by atoms with Crippen molar-refractivity contribution in [2.75, 3.05) is 9.80 Å². The number of hydrogen-bond donors (Lipinski definition) is 0. The lowest BCUT2D eigenvalue weighted by Gasteiger charge is -2.31. The van der Waals surface area contributed by atoms with E-state index in [1.54, 1.807) is 48.8 Å². The first kappa shape index (κ1) is 30.9. The highest BCUT2D eigenvalue weighted by Crippen LogP contribution is 2.38. The zero-order valence-electron chi connectivity index (χ0n) is 25.6. The van der Waals surface area contributed by atoms with E-state index < -0.39 is 0 Å². The highest BCUT2D eigenvalue weighted by Gasteiger charge is 2.33. The molecule has 0 spiro atoms. The van der Waals surface area contributed by atoms with Crippen LogP contribution in [0.4, 0.5) is 11.4 Å². The summed E-state index contributed by atoms with van der Waals surface area (Å²) in [5.74, 6) is -0.709. The molecule has 6 aromatic carbocycles. The number of amides is 2. The predicted octanol–water partition coefficient (Wildman–Crippen LogP) is 10.8. The van der Waals surface area contributed by atoms with E-state index in [1.807, 2.05) is 121 Å². The summed E-state index contributed by atoms with van der Waals surface area (Å²) in [7, 11) is 0. The van der Waals surface area contributed by atoms with E-state index in [4.69, 9.17) is 23.2 Å². The fraction of sp³-hybridized carbons (Fsp3) is 0. The van der Waals surface area contributed by atoms with Crippen molar-refractivity contribution in [2.45, 2.75) is 0 Å². The summed E-state index contributed by atoms with van der Waals surface area (Å²) in [5.41, 5.74) is 6.56. The fourth-order valence-electron chi connectivity index (χ4n) is 5.87. The van der Waals surface area contributed by atoms with Gasteiger partial charge in [-0.1, -0.05) is 145 Å². The lowest BCUT2D eigenvalue weighted by atomic mass is 9.96. The van der Waals surface area contributed by atoms with Gasteiger partial charge in [0.15, 0.2) is 0 Å². The first-order chi connectivity index (χ1) is 23.5. The van der Waals surface area contributed by atoms with Crippen LogP contribution in [0, 0.1) is 0 Å². The van der Waals surface area contributed by atoms with Crippen molar-refractivity contribution in [1.29, 1.82) is 0 Å². The zero-order chi connectivity index (χ0) is 33.0. The minimum absolute atomic E-state index is 0.268. The summed E-state index contributed by atoms with van der Waals surface area (Å²) >= 11 is 13.1. The number of nitrogens with zero attached hydrogens (tertiary/aromatic N) is 2. The number of benzene rings is 6. The van der Waals surface area contributed by atoms with E-state index in [0.29, 0.717) is 21.4 Å². The summed E-state index contributed by atoms with van der Waals surface area (Å²) in [5, 5.41) is 0.744. The molecule has 2 amide bonds. The smallest absolute Gasteiger partial charge is 0.264 e. The van der Waals surface area contributed by atoms with Crippen LogP contribution in [-0.4, -0.2) is 11.8 Å². The molecule has 0 saturated heterocycles. The van der Waals surface area contributed by atoms with Crippen molar-refractivity contribution in [1.82, 2.24) is 0 Å². The minimum atomic E-state index is -0.354. The van der Waals surface area contributed by atoms with E-state index in [0.717, 1.165) is 33.4 Å². The molecule has 0 aliphatic carbocycles. The summed E-state index contributed by atoms with van der Waals surface area (Å²) in [4.78, 5) is 32.9. The highest BCUT2D eigenvalue weighted by molar-refractivity contribution is 6.33. The molecular weight excluding hydrogens is 635 g/mol. The highest BCUT2D eigenvalue weighted by atomic mass is 35.5. The third-order valence-corrected chi connectivity index (χ3v) is 8.66. The van der Waals surface area contributed by atoms with Crippen LogP contribution < -0.4 is 9.80 Å². The van der Waals surface area contributed by atoms with Gasteiger partial charge in [-0.05, 0) is 58.7 Å². The number of carbonyl (C=O) groups is 2. The van der Waals surface area contributed by atoms with Gasteiger partial charge in [-0.2, -0.15) is 0 Å². The van der Waals surface area contributed by atoms with E-state index >= 15 is 0 Å². The standard InChI is InChI=1S/C42H28Cl2N2O2/c43-33-21-23-39-35(25-33)42(48)46(28-38(31-17-9-3-10-18-31)32-19-11-4-12-20-32)40-24-22-34(44)26-36(40)41(47)45(39)27-37(29-13-5-1-6-14-29)30-15-7-2-8-16-30/h1-28H. The van der Waals surface area contributed by atoms with E-state index in [2.05, 4.69) is 0 Å². The summed E-state index contributed by atoms with van der Waals surface area (Å²) in [6, 6.07) is 49.4. The van der Waals surface area contributed by atoms with Gasteiger partial charge in [-0.25, -0.2) is 0 Å². The van der Waals surface area contributed by atoms with Gasteiger partial charge in [0.1, 0.15) is 0 Å². The van der Waals surface area contributed by atoms with Crippen molar-refractivity contribution in [3.05, 3.63) is 214 Å². The topological polar surface area (TPSA) is 40.6 Å². The number of anilines is 2. The summed E-state index contributed by atoms with van der Waals surface area (Å²) < 4.78 is 0. The second-order valence-corrected chi connectivity index (χ2v) is 12.1. The molecule has 1 aliphatic heterocycles. The van der Waals surface area contributed by atoms with E-state index in [1.165, 1.54) is 9.80 Å². The molecule has 0 fully saturated rings. The van der Waals surface area contributed by atoms with Gasteiger partial charge in [-0.15, -0.1) is 0 Å². The van der Waals surface area contributed by atoms with Crippen LogP contribution in [0.5, 0.6) is 0 Å². The number of fused-ring (bicyclic) bond motifs is 2. The first-order valence-corrected chi connectivity index (χ1v) is 16.1. The molecule has 0 N–H and O–H groups in total. The largest absolute Gasteiger partial charge is 0.282 e. The monoisotopic (exact) mass is 662 g/mol. The van der Waals surface area contributed by atoms with Crippen LogP contribution in [0.25, 0.3) is 11.1 Å². The second-order valence-electron chi connectivity index (χ2n) is 11.2. The Hall–Kier alpha value is -5.68. The first-order valence-electron chi connectivity index (χ1n) is 15.4. The van der Waals surface area contributed by atoms with Crippen molar-refractivity contribution in [2.24, 2.45) is 0 Å². The zero-order valence-corrected chi connectivity index (χ0v) is 27.1. The molecule has 6 heteroatoms. The Morgan fingerprint density at radius 2 is 0.708 bits per heavy atom. The van der Waals surface area contributed by atoms with Crippen molar-refractivity contribution >= 4 is 57.5 Å². The number of halogens is 2. The van der Waals surface area contributed by atoms with Crippen LogP contribution >= 0.6 is 23.2 Å². The Morgan fingerprint density at radius 1 is 0.417 bits per heavy atom. The molecule has 4 nitrogen and oxygen atoms in total. The van der Waals surface area contributed by atoms with Gasteiger partial charge < -0.3 is 0 Å².